The molecule has 29 heavy (non-hydrogen) atoms. The van der Waals surface area contributed by atoms with Crippen LogP contribution in [0.2, 0.25) is 10.0 Å². The van der Waals surface area contributed by atoms with Gasteiger partial charge in [0.15, 0.2) is 0 Å². The number of rotatable bonds is 7. The summed E-state index contributed by atoms with van der Waals surface area (Å²) in [5, 5.41) is 11.4. The third-order valence-corrected chi connectivity index (χ3v) is 4.73. The Morgan fingerprint density at radius 2 is 2.03 bits per heavy atom. The van der Waals surface area contributed by atoms with Crippen LogP contribution in [0.1, 0.15) is 24.3 Å². The summed E-state index contributed by atoms with van der Waals surface area (Å²) in [5.41, 5.74) is 0. The lowest BCUT2D eigenvalue weighted by Crippen LogP contribution is -2.13. The Bertz CT molecular complexity index is 1020. The molecule has 3 aromatic rings. The number of aromatic nitrogens is 3. The lowest BCUT2D eigenvalue weighted by atomic mass is 10.3. The Morgan fingerprint density at radius 1 is 1.24 bits per heavy atom. The van der Waals surface area contributed by atoms with Crippen LogP contribution in [0.25, 0.3) is 0 Å². The van der Waals surface area contributed by atoms with Crippen molar-refractivity contribution < 1.29 is 22.3 Å². The molecule has 0 bridgehead atoms. The maximum Gasteiger partial charge on any atom is 0.453 e. The number of hydrogen-bond donors (Lipinski definition) is 0. The summed E-state index contributed by atoms with van der Waals surface area (Å²) >= 11 is 13.0. The lowest BCUT2D eigenvalue weighted by molar-refractivity contribution is -0.147. The van der Waals surface area contributed by atoms with Crippen LogP contribution in [-0.2, 0) is 12.8 Å². The largest absolute Gasteiger partial charge is 0.484 e. The van der Waals surface area contributed by atoms with Gasteiger partial charge in [-0.1, -0.05) is 41.9 Å². The van der Waals surface area contributed by atoms with Crippen molar-refractivity contribution in [2.45, 2.75) is 24.9 Å². The van der Waals surface area contributed by atoms with Crippen LogP contribution in [0.5, 0.6) is 5.75 Å². The molecule has 0 atom stereocenters. The highest BCUT2D eigenvalue weighted by atomic mass is 35.5. The molecule has 3 rings (SSSR count). The molecule has 0 saturated carbocycles. The van der Waals surface area contributed by atoms with E-state index >= 15 is 0 Å². The monoisotopic (exact) mass is 464 g/mol. The lowest BCUT2D eigenvalue weighted by Gasteiger charge is -2.06. The van der Waals surface area contributed by atoms with Crippen LogP contribution in [0.15, 0.2) is 45.0 Å². The first kappa shape index (κ1) is 21.5. The van der Waals surface area contributed by atoms with E-state index in [0.29, 0.717) is 32.0 Å². The molecule has 0 saturated heterocycles. The summed E-state index contributed by atoms with van der Waals surface area (Å²) in [6, 6.07) is 7.95. The molecule has 0 aliphatic rings. The van der Waals surface area contributed by atoms with Gasteiger partial charge in [0.2, 0.25) is 5.16 Å². The quantitative estimate of drug-likeness (QED) is 0.328. The number of halogens is 5. The maximum absolute atomic E-state index is 13.1. The number of ether oxygens (including phenoxy) is 1. The van der Waals surface area contributed by atoms with Gasteiger partial charge in [-0.2, -0.15) is 22.9 Å². The van der Waals surface area contributed by atoms with Gasteiger partial charge in [0.1, 0.15) is 23.9 Å². The van der Waals surface area contributed by atoms with Crippen molar-refractivity contribution in [1.29, 1.82) is 0 Å². The Labute approximate surface area is 177 Å². The average molecular weight is 465 g/mol. The molecule has 0 amide bonds. The Kier molecular flexibility index (Phi) is 6.76. The highest BCUT2D eigenvalue weighted by molar-refractivity contribution is 7.99. The third kappa shape index (κ3) is 5.46. The first-order valence-electron chi connectivity index (χ1n) is 8.14. The minimum absolute atomic E-state index is 0.0294. The van der Waals surface area contributed by atoms with Crippen molar-refractivity contribution in [3.8, 4) is 5.75 Å². The summed E-state index contributed by atoms with van der Waals surface area (Å²) in [4.78, 5) is 0. The van der Waals surface area contributed by atoms with Gasteiger partial charge in [-0.05, 0) is 30.0 Å². The molecule has 0 N–H and O–H groups in total. The van der Waals surface area contributed by atoms with Crippen molar-refractivity contribution in [2.75, 3.05) is 5.75 Å². The molecule has 0 aliphatic carbocycles. The molecule has 1 aromatic carbocycles. The van der Waals surface area contributed by atoms with E-state index in [1.54, 1.807) is 37.3 Å². The topological polar surface area (TPSA) is 65.4 Å². The van der Waals surface area contributed by atoms with Crippen LogP contribution in [-0.4, -0.2) is 26.8 Å². The van der Waals surface area contributed by atoms with Crippen LogP contribution in [0, 0.1) is 0 Å². The second-order valence-corrected chi connectivity index (χ2v) is 7.54. The molecular formula is C17H13Cl2F3N4O2S. The zero-order valence-electron chi connectivity index (χ0n) is 14.8. The highest BCUT2D eigenvalue weighted by Crippen LogP contribution is 2.31. The highest BCUT2D eigenvalue weighted by Gasteiger charge is 2.38. The minimum Gasteiger partial charge on any atom is -0.484 e. The fourth-order valence-electron chi connectivity index (χ4n) is 2.16. The van der Waals surface area contributed by atoms with Gasteiger partial charge in [0.05, 0.1) is 11.2 Å². The van der Waals surface area contributed by atoms with Crippen molar-refractivity contribution in [1.82, 2.24) is 14.9 Å². The van der Waals surface area contributed by atoms with Crippen LogP contribution >= 0.6 is 35.0 Å². The summed E-state index contributed by atoms with van der Waals surface area (Å²) in [6.45, 7) is 1.83. The summed E-state index contributed by atoms with van der Waals surface area (Å²) in [6.07, 6.45) is -3.54. The zero-order valence-corrected chi connectivity index (χ0v) is 17.1. The predicted molar refractivity (Wildman–Crippen MR) is 104 cm³/mol. The first-order valence-corrected chi connectivity index (χ1v) is 9.88. The standard InChI is InChI=1S/C17H13Cl2F3N4O2S/c1-2-29-16-25-24-15(17(20,21)22)26(16)23-8-11-4-5-12(28-11)9-27-14-7-10(18)3-6-13(14)19/h3-8H,2,9H2,1H3/b23-8-. The zero-order chi connectivity index (χ0) is 21.0. The van der Waals surface area contributed by atoms with E-state index < -0.39 is 12.0 Å². The van der Waals surface area contributed by atoms with Gasteiger partial charge < -0.3 is 9.15 Å². The molecule has 2 aromatic heterocycles. The Balaban J connectivity index is 1.74. The maximum atomic E-state index is 13.1. The van der Waals surface area contributed by atoms with E-state index in [-0.39, 0.29) is 17.5 Å². The second-order valence-electron chi connectivity index (χ2n) is 5.46. The average Bonchev–Trinajstić information content (AvgIpc) is 3.27. The molecule has 12 heteroatoms. The second kappa shape index (κ2) is 9.10. The molecule has 0 aliphatic heterocycles. The van der Waals surface area contributed by atoms with E-state index in [1.165, 1.54) is 0 Å². The number of nitrogens with zero attached hydrogens (tertiary/aromatic N) is 4. The van der Waals surface area contributed by atoms with Gasteiger partial charge in [-0.15, -0.1) is 10.2 Å². The van der Waals surface area contributed by atoms with E-state index in [2.05, 4.69) is 15.3 Å². The van der Waals surface area contributed by atoms with Crippen molar-refractivity contribution in [3.63, 3.8) is 0 Å². The number of furan rings is 1. The molecule has 0 spiro atoms. The predicted octanol–water partition coefficient (Wildman–Crippen LogP) is 5.77. The summed E-state index contributed by atoms with van der Waals surface area (Å²) in [7, 11) is 0. The number of hydrogen-bond acceptors (Lipinski definition) is 6. The van der Waals surface area contributed by atoms with Gasteiger partial charge >= 0.3 is 6.18 Å². The molecular weight excluding hydrogens is 452 g/mol. The smallest absolute Gasteiger partial charge is 0.453 e. The first-order chi connectivity index (χ1) is 13.8. The van der Waals surface area contributed by atoms with Crippen molar-refractivity contribution in [2.24, 2.45) is 5.10 Å². The number of benzene rings is 1. The summed E-state index contributed by atoms with van der Waals surface area (Å²) < 4.78 is 51.0. The fraction of sp³-hybridized carbons (Fsp3) is 0.235. The van der Waals surface area contributed by atoms with Crippen molar-refractivity contribution >= 4 is 41.2 Å². The number of alkyl halides is 3. The molecule has 154 valence electrons. The normalized spacial score (nSPS) is 12.1. The molecule has 0 fully saturated rings. The Hall–Kier alpha value is -2.17. The Morgan fingerprint density at radius 3 is 2.76 bits per heavy atom. The molecule has 0 unspecified atom stereocenters. The van der Waals surface area contributed by atoms with E-state index in [9.17, 15) is 13.2 Å². The van der Waals surface area contributed by atoms with Crippen LogP contribution in [0.3, 0.4) is 0 Å². The fourth-order valence-corrected chi connectivity index (χ4v) is 3.11. The van der Waals surface area contributed by atoms with E-state index in [4.69, 9.17) is 32.4 Å². The summed E-state index contributed by atoms with van der Waals surface area (Å²) in [5.74, 6) is 0.335. The van der Waals surface area contributed by atoms with Crippen molar-refractivity contribution in [3.05, 3.63) is 57.7 Å². The minimum atomic E-state index is -4.69. The molecule has 0 radical (unpaired) electrons. The van der Waals surface area contributed by atoms with E-state index in [0.717, 1.165) is 18.0 Å². The van der Waals surface area contributed by atoms with Crippen LogP contribution < -0.4 is 4.74 Å². The van der Waals surface area contributed by atoms with E-state index in [1.807, 2.05) is 0 Å². The van der Waals surface area contributed by atoms with Gasteiger partial charge in [0.25, 0.3) is 5.82 Å². The third-order valence-electron chi connectivity index (χ3n) is 3.39. The van der Waals surface area contributed by atoms with Crippen LogP contribution in [0.4, 0.5) is 13.2 Å². The molecule has 2 heterocycles. The SMILES string of the molecule is CCSc1nnc(C(F)(F)F)n1/N=C\c1ccc(COc2cc(Cl)ccc2Cl)o1. The van der Waals surface area contributed by atoms with Gasteiger partial charge in [-0.3, -0.25) is 0 Å². The van der Waals surface area contributed by atoms with Gasteiger partial charge in [0, 0.05) is 11.1 Å². The molecule has 6 nitrogen and oxygen atoms in total. The number of thioether (sulfide) groups is 1. The van der Waals surface area contributed by atoms with Gasteiger partial charge in [-0.25, -0.2) is 0 Å².